The number of amides is 1. The highest BCUT2D eigenvalue weighted by atomic mass is 35.5. The van der Waals surface area contributed by atoms with Gasteiger partial charge < -0.3 is 20.7 Å². The largest absolute Gasteiger partial charge is 0.433 e. The van der Waals surface area contributed by atoms with Crippen molar-refractivity contribution < 1.29 is 27.5 Å². The summed E-state index contributed by atoms with van der Waals surface area (Å²) in [5, 5.41) is 14.1. The van der Waals surface area contributed by atoms with Crippen LogP contribution in [-0.4, -0.2) is 33.6 Å². The average Bonchev–Trinajstić information content (AvgIpc) is 2.76. The summed E-state index contributed by atoms with van der Waals surface area (Å²) in [7, 11) is 0. The van der Waals surface area contributed by atoms with Crippen molar-refractivity contribution in [3.8, 4) is 11.1 Å². The highest BCUT2D eigenvalue weighted by Crippen LogP contribution is 2.36. The zero-order chi connectivity index (χ0) is 24.3. The van der Waals surface area contributed by atoms with Crippen LogP contribution in [0.2, 0.25) is 5.02 Å². The van der Waals surface area contributed by atoms with E-state index >= 15 is 0 Å². The number of carbonyl (C=O) groups is 1. The van der Waals surface area contributed by atoms with Crippen molar-refractivity contribution in [1.82, 2.24) is 15.3 Å². The van der Waals surface area contributed by atoms with E-state index in [1.165, 1.54) is 25.3 Å². The first-order valence-electron chi connectivity index (χ1n) is 9.44. The lowest BCUT2D eigenvalue weighted by Gasteiger charge is -2.18. The van der Waals surface area contributed by atoms with E-state index in [0.29, 0.717) is 0 Å². The molecule has 4 N–H and O–H groups in total. The van der Waals surface area contributed by atoms with Crippen LogP contribution in [0.15, 0.2) is 47.5 Å². The fourth-order valence-corrected chi connectivity index (χ4v) is 3.11. The maximum atomic E-state index is 14.3. The molecule has 0 radical (unpaired) electrons. The summed E-state index contributed by atoms with van der Waals surface area (Å²) in [4.78, 5) is 30.4. The third kappa shape index (κ3) is 5.49. The van der Waals surface area contributed by atoms with Gasteiger partial charge in [0.2, 0.25) is 0 Å². The van der Waals surface area contributed by atoms with Gasteiger partial charge in [0.15, 0.2) is 0 Å². The van der Waals surface area contributed by atoms with E-state index in [2.05, 4.69) is 15.6 Å². The maximum Gasteiger partial charge on any atom is 0.433 e. The predicted molar refractivity (Wildman–Crippen MR) is 114 cm³/mol. The molecule has 0 saturated carbocycles. The Hall–Kier alpha value is -3.44. The van der Waals surface area contributed by atoms with Gasteiger partial charge in [-0.2, -0.15) is 13.2 Å². The first kappa shape index (κ1) is 24.2. The fraction of sp³-hybridized carbons (Fsp3) is 0.190. The number of anilines is 2. The van der Waals surface area contributed by atoms with Crippen LogP contribution in [0.25, 0.3) is 11.1 Å². The Morgan fingerprint density at radius 1 is 1.21 bits per heavy atom. The van der Waals surface area contributed by atoms with Crippen LogP contribution in [0.4, 0.5) is 28.9 Å². The lowest BCUT2D eigenvalue weighted by atomic mass is 10.0. The number of benzene rings is 1. The van der Waals surface area contributed by atoms with Crippen molar-refractivity contribution in [1.29, 1.82) is 0 Å². The zero-order valence-electron chi connectivity index (χ0n) is 16.9. The highest BCUT2D eigenvalue weighted by Gasteiger charge is 2.36. The molecule has 0 aliphatic rings. The van der Waals surface area contributed by atoms with Crippen molar-refractivity contribution in [2.75, 3.05) is 11.9 Å². The minimum atomic E-state index is -4.98. The lowest BCUT2D eigenvalue weighted by molar-refractivity contribution is -0.140. The second-order valence-corrected chi connectivity index (χ2v) is 7.46. The standard InChI is InChI=1S/C21H17ClF4N4O3/c1-10(9-31)28-20(33)14-8-27-5-4-16(14)29-17-7-13(12-6-11(22)2-3-15(12)23)19(32)30-18(17)21(24,25)26/h2-8,10,31H,9H2,1H3,(H,27,29)(H,28,33)(H,30,32). The quantitative estimate of drug-likeness (QED) is 0.394. The number of pyridine rings is 2. The summed E-state index contributed by atoms with van der Waals surface area (Å²) in [6.45, 7) is 1.17. The maximum absolute atomic E-state index is 14.3. The summed E-state index contributed by atoms with van der Waals surface area (Å²) in [5.74, 6) is -1.57. The van der Waals surface area contributed by atoms with E-state index in [1.54, 1.807) is 4.98 Å². The van der Waals surface area contributed by atoms with Crippen molar-refractivity contribution >= 4 is 28.9 Å². The number of nitrogens with zero attached hydrogens (tertiary/aromatic N) is 1. The number of alkyl halides is 3. The summed E-state index contributed by atoms with van der Waals surface area (Å²) >= 11 is 5.86. The van der Waals surface area contributed by atoms with Crippen molar-refractivity contribution in [3.63, 3.8) is 0 Å². The molecule has 2 heterocycles. The molecule has 2 aromatic heterocycles. The first-order valence-corrected chi connectivity index (χ1v) is 9.81. The molecular weight excluding hydrogens is 468 g/mol. The number of halogens is 5. The second-order valence-electron chi connectivity index (χ2n) is 7.03. The van der Waals surface area contributed by atoms with Gasteiger partial charge in [-0.1, -0.05) is 11.6 Å². The van der Waals surface area contributed by atoms with Gasteiger partial charge in [0.1, 0.15) is 11.5 Å². The van der Waals surface area contributed by atoms with Crippen LogP contribution in [0.5, 0.6) is 0 Å². The van der Waals surface area contributed by atoms with Gasteiger partial charge in [0, 0.05) is 29.0 Å². The molecule has 0 aliphatic carbocycles. The summed E-state index contributed by atoms with van der Waals surface area (Å²) in [5.41, 5.74) is -4.13. The Kier molecular flexibility index (Phi) is 7.04. The van der Waals surface area contributed by atoms with Gasteiger partial charge in [-0.05, 0) is 37.3 Å². The number of hydrogen-bond donors (Lipinski definition) is 4. The molecule has 7 nitrogen and oxygen atoms in total. The Bertz CT molecular complexity index is 1250. The normalized spacial score (nSPS) is 12.3. The SMILES string of the molecule is CC(CO)NC(=O)c1cnccc1Nc1cc(-c2cc(Cl)ccc2F)c(=O)[nH]c1C(F)(F)F. The van der Waals surface area contributed by atoms with E-state index in [1.807, 2.05) is 0 Å². The molecule has 3 aromatic rings. The highest BCUT2D eigenvalue weighted by molar-refractivity contribution is 6.30. The summed E-state index contributed by atoms with van der Waals surface area (Å²) in [6.07, 6.45) is -2.61. The minimum absolute atomic E-state index is 0.0669. The molecule has 0 fully saturated rings. The first-order chi connectivity index (χ1) is 15.5. The molecule has 0 aliphatic heterocycles. The molecule has 1 atom stereocenters. The van der Waals surface area contributed by atoms with E-state index in [0.717, 1.165) is 24.4 Å². The second kappa shape index (κ2) is 9.59. The van der Waals surface area contributed by atoms with Crippen molar-refractivity contribution in [3.05, 3.63) is 75.2 Å². The summed E-state index contributed by atoms with van der Waals surface area (Å²) < 4.78 is 55.3. The summed E-state index contributed by atoms with van der Waals surface area (Å²) in [6, 6.07) is 4.78. The number of aliphatic hydroxyl groups excluding tert-OH is 1. The molecule has 0 bridgehead atoms. The number of aromatic nitrogens is 2. The molecule has 1 unspecified atom stereocenters. The van der Waals surface area contributed by atoms with Gasteiger partial charge in [0.05, 0.1) is 29.1 Å². The molecule has 0 saturated heterocycles. The topological polar surface area (TPSA) is 107 Å². The van der Waals surface area contributed by atoms with Crippen LogP contribution in [-0.2, 0) is 6.18 Å². The Morgan fingerprint density at radius 2 is 1.94 bits per heavy atom. The monoisotopic (exact) mass is 484 g/mol. The average molecular weight is 485 g/mol. The Morgan fingerprint density at radius 3 is 2.61 bits per heavy atom. The van der Waals surface area contributed by atoms with Crippen LogP contribution in [0.1, 0.15) is 23.0 Å². The van der Waals surface area contributed by atoms with Crippen molar-refractivity contribution in [2.24, 2.45) is 0 Å². The molecule has 3 rings (SSSR count). The van der Waals surface area contributed by atoms with Gasteiger partial charge >= 0.3 is 6.18 Å². The van der Waals surface area contributed by atoms with E-state index in [-0.39, 0.29) is 28.4 Å². The van der Waals surface area contributed by atoms with Crippen molar-refractivity contribution in [2.45, 2.75) is 19.1 Å². The van der Waals surface area contributed by atoms with E-state index in [4.69, 9.17) is 16.7 Å². The smallest absolute Gasteiger partial charge is 0.394 e. The van der Waals surface area contributed by atoms with Crippen LogP contribution >= 0.6 is 11.6 Å². The molecule has 0 spiro atoms. The van der Waals surface area contributed by atoms with Gasteiger partial charge in [-0.15, -0.1) is 0 Å². The number of aromatic amines is 1. The molecular formula is C21H17ClF4N4O3. The molecule has 1 amide bonds. The fourth-order valence-electron chi connectivity index (χ4n) is 2.93. The van der Waals surface area contributed by atoms with Crippen LogP contribution in [0.3, 0.4) is 0 Å². The third-order valence-electron chi connectivity index (χ3n) is 4.53. The van der Waals surface area contributed by atoms with Gasteiger partial charge in [-0.25, -0.2) is 4.39 Å². The molecule has 174 valence electrons. The molecule has 1 aromatic carbocycles. The number of nitrogens with one attached hydrogen (secondary N) is 3. The number of hydrogen-bond acceptors (Lipinski definition) is 5. The zero-order valence-corrected chi connectivity index (χ0v) is 17.7. The van der Waals surface area contributed by atoms with Gasteiger partial charge in [0.25, 0.3) is 11.5 Å². The Balaban J connectivity index is 2.14. The Labute approximate surface area is 189 Å². The third-order valence-corrected chi connectivity index (χ3v) is 4.76. The number of aliphatic hydroxyl groups is 1. The predicted octanol–water partition coefficient (Wildman–Crippen LogP) is 4.10. The van der Waals surface area contributed by atoms with E-state index < -0.39 is 46.4 Å². The number of H-pyrrole nitrogens is 1. The van der Waals surface area contributed by atoms with Gasteiger partial charge in [-0.3, -0.25) is 14.6 Å². The molecule has 12 heteroatoms. The minimum Gasteiger partial charge on any atom is -0.394 e. The number of carbonyl (C=O) groups excluding carboxylic acids is 1. The van der Waals surface area contributed by atoms with Crippen LogP contribution in [0, 0.1) is 5.82 Å². The van der Waals surface area contributed by atoms with E-state index in [9.17, 15) is 27.2 Å². The molecule has 33 heavy (non-hydrogen) atoms. The lowest BCUT2D eigenvalue weighted by Crippen LogP contribution is -2.35. The van der Waals surface area contributed by atoms with Crippen LogP contribution < -0.4 is 16.2 Å². The number of rotatable bonds is 6.